The highest BCUT2D eigenvalue weighted by Gasteiger charge is 2.15. The average Bonchev–Trinajstić information content (AvgIpc) is 2.40. The molecule has 2 nitrogen and oxygen atoms in total. The maximum Gasteiger partial charge on any atom is 0.194 e. The number of nitrogens with one attached hydrogen (secondary N) is 1. The van der Waals surface area contributed by atoms with Crippen molar-refractivity contribution in [2.45, 2.75) is 25.3 Å². The molecule has 1 N–H and O–H groups in total. The van der Waals surface area contributed by atoms with Crippen molar-refractivity contribution >= 4 is 0 Å². The fourth-order valence-corrected chi connectivity index (χ4v) is 2.07. The lowest BCUT2D eigenvalue weighted by Gasteiger charge is -2.23. The first-order valence-electron chi connectivity index (χ1n) is 6.12. The molecule has 0 bridgehead atoms. The fraction of sp³-hybridized carbons (Fsp3) is 0.538. The molecule has 1 heterocycles. The Morgan fingerprint density at radius 3 is 2.78 bits per heavy atom. The van der Waals surface area contributed by atoms with Gasteiger partial charge in [-0.3, -0.25) is 0 Å². The van der Waals surface area contributed by atoms with Crippen molar-refractivity contribution in [3.63, 3.8) is 0 Å². The van der Waals surface area contributed by atoms with E-state index in [9.17, 15) is 13.2 Å². The SMILES string of the molecule is Fc1ccc(CCN[C@@H]2CCCOC2)c(F)c1F. The van der Waals surface area contributed by atoms with E-state index < -0.39 is 17.5 Å². The second kappa shape index (κ2) is 6.20. The van der Waals surface area contributed by atoms with E-state index in [0.29, 0.717) is 19.6 Å². The Hall–Kier alpha value is -1.07. The van der Waals surface area contributed by atoms with E-state index in [2.05, 4.69) is 5.32 Å². The molecule has 0 aromatic heterocycles. The third-order valence-electron chi connectivity index (χ3n) is 3.10. The largest absolute Gasteiger partial charge is 0.380 e. The molecule has 0 unspecified atom stereocenters. The van der Waals surface area contributed by atoms with Crippen LogP contribution >= 0.6 is 0 Å². The topological polar surface area (TPSA) is 21.3 Å². The first-order valence-corrected chi connectivity index (χ1v) is 6.12. The van der Waals surface area contributed by atoms with Gasteiger partial charge in [0.2, 0.25) is 0 Å². The molecular formula is C13H16F3NO. The van der Waals surface area contributed by atoms with E-state index in [1.807, 2.05) is 0 Å². The average molecular weight is 259 g/mol. The van der Waals surface area contributed by atoms with Gasteiger partial charge in [0.05, 0.1) is 6.61 Å². The fourth-order valence-electron chi connectivity index (χ4n) is 2.07. The van der Waals surface area contributed by atoms with Crippen molar-refractivity contribution < 1.29 is 17.9 Å². The van der Waals surface area contributed by atoms with Crippen molar-refractivity contribution in [3.05, 3.63) is 35.1 Å². The zero-order chi connectivity index (χ0) is 13.0. The summed E-state index contributed by atoms with van der Waals surface area (Å²) in [7, 11) is 0. The molecule has 1 saturated heterocycles. The van der Waals surface area contributed by atoms with E-state index in [4.69, 9.17) is 4.74 Å². The van der Waals surface area contributed by atoms with Crippen molar-refractivity contribution in [3.8, 4) is 0 Å². The van der Waals surface area contributed by atoms with Gasteiger partial charge in [-0.15, -0.1) is 0 Å². The van der Waals surface area contributed by atoms with Crippen LogP contribution in [0.2, 0.25) is 0 Å². The number of hydrogen-bond donors (Lipinski definition) is 1. The molecule has 1 aliphatic heterocycles. The lowest BCUT2D eigenvalue weighted by atomic mass is 10.1. The minimum Gasteiger partial charge on any atom is -0.380 e. The standard InChI is InChI=1S/C13H16F3NO/c14-11-4-3-9(12(15)13(11)16)5-6-17-10-2-1-7-18-8-10/h3-4,10,17H,1-2,5-8H2/t10-/m1/s1. The Balaban J connectivity index is 1.84. The third kappa shape index (κ3) is 3.23. The maximum atomic E-state index is 13.4. The monoisotopic (exact) mass is 259 g/mol. The van der Waals surface area contributed by atoms with E-state index in [1.54, 1.807) is 0 Å². The van der Waals surface area contributed by atoms with Gasteiger partial charge in [-0.05, 0) is 37.4 Å². The summed E-state index contributed by atoms with van der Waals surface area (Å²) >= 11 is 0. The normalized spacial score (nSPS) is 20.1. The molecular weight excluding hydrogens is 243 g/mol. The summed E-state index contributed by atoms with van der Waals surface area (Å²) in [5.41, 5.74) is 0.193. The van der Waals surface area contributed by atoms with Crippen LogP contribution in [0, 0.1) is 17.5 Å². The quantitative estimate of drug-likeness (QED) is 0.838. The predicted molar refractivity (Wildman–Crippen MR) is 61.9 cm³/mol. The van der Waals surface area contributed by atoms with Gasteiger partial charge in [0.25, 0.3) is 0 Å². The molecule has 0 aliphatic carbocycles. The van der Waals surface area contributed by atoms with Crippen LogP contribution in [0.1, 0.15) is 18.4 Å². The van der Waals surface area contributed by atoms with Gasteiger partial charge in [0, 0.05) is 12.6 Å². The summed E-state index contributed by atoms with van der Waals surface area (Å²) in [6, 6.07) is 2.51. The second-order valence-corrected chi connectivity index (χ2v) is 4.45. The van der Waals surface area contributed by atoms with Crippen LogP contribution in [0.25, 0.3) is 0 Å². The lowest BCUT2D eigenvalue weighted by molar-refractivity contribution is 0.0707. The molecule has 0 spiro atoms. The van der Waals surface area contributed by atoms with E-state index in [1.165, 1.54) is 6.07 Å². The zero-order valence-corrected chi connectivity index (χ0v) is 10.0. The summed E-state index contributed by atoms with van der Waals surface area (Å²) in [6.45, 7) is 1.96. The minimum absolute atomic E-state index is 0.193. The highest BCUT2D eigenvalue weighted by atomic mass is 19.2. The van der Waals surface area contributed by atoms with Crippen molar-refractivity contribution in [2.75, 3.05) is 19.8 Å². The van der Waals surface area contributed by atoms with Crippen LogP contribution in [-0.2, 0) is 11.2 Å². The molecule has 2 rings (SSSR count). The maximum absolute atomic E-state index is 13.4. The highest BCUT2D eigenvalue weighted by Crippen LogP contribution is 2.15. The Morgan fingerprint density at radius 1 is 1.22 bits per heavy atom. The zero-order valence-electron chi connectivity index (χ0n) is 10.0. The van der Waals surface area contributed by atoms with Crippen molar-refractivity contribution in [1.82, 2.24) is 5.32 Å². The molecule has 0 amide bonds. The van der Waals surface area contributed by atoms with E-state index >= 15 is 0 Å². The van der Waals surface area contributed by atoms with Gasteiger partial charge in [0.15, 0.2) is 17.5 Å². The molecule has 0 saturated carbocycles. The molecule has 1 aromatic carbocycles. The van der Waals surface area contributed by atoms with Crippen molar-refractivity contribution in [1.29, 1.82) is 0 Å². The Bertz CT molecular complexity index is 405. The molecule has 1 fully saturated rings. The smallest absolute Gasteiger partial charge is 0.194 e. The Kier molecular flexibility index (Phi) is 4.60. The number of ether oxygens (including phenoxy) is 1. The van der Waals surface area contributed by atoms with E-state index in [0.717, 1.165) is 25.5 Å². The lowest BCUT2D eigenvalue weighted by Crippen LogP contribution is -2.37. The molecule has 1 aliphatic rings. The van der Waals surface area contributed by atoms with Crippen LogP contribution in [0.3, 0.4) is 0 Å². The van der Waals surface area contributed by atoms with Gasteiger partial charge in [-0.1, -0.05) is 6.07 Å². The van der Waals surface area contributed by atoms with Gasteiger partial charge in [-0.25, -0.2) is 13.2 Å². The summed E-state index contributed by atoms with van der Waals surface area (Å²) in [4.78, 5) is 0. The summed E-state index contributed by atoms with van der Waals surface area (Å²) in [5.74, 6) is -3.63. The van der Waals surface area contributed by atoms with Gasteiger partial charge in [-0.2, -0.15) is 0 Å². The van der Waals surface area contributed by atoms with Crippen LogP contribution in [-0.4, -0.2) is 25.8 Å². The predicted octanol–water partition coefficient (Wildman–Crippen LogP) is 2.42. The first kappa shape index (κ1) is 13.4. The van der Waals surface area contributed by atoms with Crippen LogP contribution in [0.15, 0.2) is 12.1 Å². The highest BCUT2D eigenvalue weighted by molar-refractivity contribution is 5.20. The van der Waals surface area contributed by atoms with Crippen LogP contribution in [0.4, 0.5) is 13.2 Å². The molecule has 18 heavy (non-hydrogen) atoms. The number of halogens is 3. The van der Waals surface area contributed by atoms with Gasteiger partial charge < -0.3 is 10.1 Å². The summed E-state index contributed by atoms with van der Waals surface area (Å²) < 4.78 is 44.4. The first-order chi connectivity index (χ1) is 8.68. The Labute approximate surface area is 104 Å². The van der Waals surface area contributed by atoms with Crippen LogP contribution < -0.4 is 5.32 Å². The molecule has 0 radical (unpaired) electrons. The second-order valence-electron chi connectivity index (χ2n) is 4.45. The molecule has 1 atom stereocenters. The summed E-state index contributed by atoms with van der Waals surface area (Å²) in [6.07, 6.45) is 2.37. The van der Waals surface area contributed by atoms with E-state index in [-0.39, 0.29) is 11.6 Å². The number of hydrogen-bond acceptors (Lipinski definition) is 2. The third-order valence-corrected chi connectivity index (χ3v) is 3.10. The van der Waals surface area contributed by atoms with Gasteiger partial charge >= 0.3 is 0 Å². The number of benzene rings is 1. The minimum atomic E-state index is -1.39. The molecule has 5 heteroatoms. The number of rotatable bonds is 4. The van der Waals surface area contributed by atoms with Crippen molar-refractivity contribution in [2.24, 2.45) is 0 Å². The van der Waals surface area contributed by atoms with Gasteiger partial charge in [0.1, 0.15) is 0 Å². The molecule has 1 aromatic rings. The molecule has 100 valence electrons. The van der Waals surface area contributed by atoms with Crippen LogP contribution in [0.5, 0.6) is 0 Å². The summed E-state index contributed by atoms with van der Waals surface area (Å²) in [5, 5.41) is 3.22. The Morgan fingerprint density at radius 2 is 2.06 bits per heavy atom.